The number of likely N-dealkylation sites (tertiary alicyclic amines) is 1. The van der Waals surface area contributed by atoms with Gasteiger partial charge in [0.2, 0.25) is 15.9 Å². The molecule has 3 amide bonds. The summed E-state index contributed by atoms with van der Waals surface area (Å²) in [5.41, 5.74) is 0.418. The minimum absolute atomic E-state index is 0.0148. The van der Waals surface area contributed by atoms with Crippen LogP contribution in [-0.2, 0) is 4.79 Å². The fourth-order valence-corrected chi connectivity index (χ4v) is 4.73. The number of amides is 3. The van der Waals surface area contributed by atoms with Gasteiger partial charge in [0.1, 0.15) is 5.82 Å². The average Bonchev–Trinajstić information content (AvgIpc) is 3.47. The van der Waals surface area contributed by atoms with E-state index in [9.17, 15) is 18.8 Å². The molecule has 2 N–H and O–H groups in total. The molecule has 1 aliphatic carbocycles. The average molecular weight is 446 g/mol. The van der Waals surface area contributed by atoms with E-state index in [4.69, 9.17) is 0 Å². The van der Waals surface area contributed by atoms with E-state index < -0.39 is 11.7 Å². The van der Waals surface area contributed by atoms with Gasteiger partial charge in [-0.25, -0.2) is 4.39 Å². The molecule has 1 aromatic heterocycles. The zero-order valence-corrected chi connectivity index (χ0v) is 17.8. The van der Waals surface area contributed by atoms with Crippen LogP contribution in [-0.4, -0.2) is 52.0 Å². The third-order valence-electron chi connectivity index (χ3n) is 5.69. The van der Waals surface area contributed by atoms with Crippen LogP contribution in [0.2, 0.25) is 0 Å². The van der Waals surface area contributed by atoms with Gasteiger partial charge in [-0.05, 0) is 49.9 Å². The van der Waals surface area contributed by atoms with Crippen LogP contribution < -0.4 is 10.6 Å². The van der Waals surface area contributed by atoms with E-state index in [0.717, 1.165) is 49.9 Å². The Balaban J connectivity index is 1.35. The van der Waals surface area contributed by atoms with Crippen molar-refractivity contribution in [3.8, 4) is 0 Å². The number of hydrogen-bond donors (Lipinski definition) is 2. The molecule has 1 atom stereocenters. The lowest BCUT2D eigenvalue weighted by Gasteiger charge is -2.32. The molecule has 1 saturated heterocycles. The van der Waals surface area contributed by atoms with Crippen molar-refractivity contribution in [2.75, 3.05) is 18.4 Å². The van der Waals surface area contributed by atoms with Crippen LogP contribution in [0.5, 0.6) is 0 Å². The fourth-order valence-electron chi connectivity index (χ4n) is 4.02. The van der Waals surface area contributed by atoms with Gasteiger partial charge in [-0.2, -0.15) is 0 Å². The third-order valence-corrected chi connectivity index (χ3v) is 6.60. The monoisotopic (exact) mass is 445 g/mol. The molecule has 1 unspecified atom stereocenters. The van der Waals surface area contributed by atoms with E-state index in [-0.39, 0.29) is 33.8 Å². The number of carbonyl (C=O) groups excluding carboxylic acids is 3. The first kappa shape index (κ1) is 21.4. The fraction of sp³-hybridized carbons (Fsp3) is 0.476. The summed E-state index contributed by atoms with van der Waals surface area (Å²) in [6, 6.07) is 5.60. The van der Waals surface area contributed by atoms with Crippen LogP contribution in [0, 0.1) is 11.7 Å². The maximum absolute atomic E-state index is 13.0. The largest absolute Gasteiger partial charge is 0.353 e. The molecule has 1 aliphatic heterocycles. The summed E-state index contributed by atoms with van der Waals surface area (Å²) in [5.74, 6) is -1.46. The molecular weight excluding hydrogens is 421 g/mol. The predicted molar refractivity (Wildman–Crippen MR) is 113 cm³/mol. The predicted octanol–water partition coefficient (Wildman–Crippen LogP) is 2.84. The quantitative estimate of drug-likeness (QED) is 0.737. The minimum Gasteiger partial charge on any atom is -0.353 e. The SMILES string of the molecule is O=C(Nc1ccc(F)cc1)c1nnc(C(=O)N2CCCC(C(=O)NC3CCCC3)C2)s1. The summed E-state index contributed by atoms with van der Waals surface area (Å²) in [4.78, 5) is 39.4. The van der Waals surface area contributed by atoms with Gasteiger partial charge in [-0.3, -0.25) is 14.4 Å². The first-order valence-corrected chi connectivity index (χ1v) is 11.3. The Morgan fingerprint density at radius 3 is 2.45 bits per heavy atom. The Morgan fingerprint density at radius 1 is 1.00 bits per heavy atom. The lowest BCUT2D eigenvalue weighted by molar-refractivity contribution is -0.127. The smallest absolute Gasteiger partial charge is 0.286 e. The van der Waals surface area contributed by atoms with Crippen molar-refractivity contribution in [3.05, 3.63) is 40.1 Å². The Morgan fingerprint density at radius 2 is 1.71 bits per heavy atom. The van der Waals surface area contributed by atoms with Gasteiger partial charge in [-0.15, -0.1) is 10.2 Å². The number of carbonyl (C=O) groups is 3. The molecule has 1 aromatic carbocycles. The second kappa shape index (κ2) is 9.51. The zero-order chi connectivity index (χ0) is 21.8. The maximum atomic E-state index is 13.0. The standard InChI is InChI=1S/C21H24FN5O3S/c22-14-7-9-16(10-8-14)24-18(29)19-25-26-20(31-19)21(30)27-11-3-4-13(12-27)17(28)23-15-5-1-2-6-15/h7-10,13,15H,1-6,11-12H2,(H,23,28)(H,24,29). The molecule has 4 rings (SSSR count). The van der Waals surface area contributed by atoms with Crippen molar-refractivity contribution >= 4 is 34.7 Å². The number of hydrogen-bond acceptors (Lipinski definition) is 6. The van der Waals surface area contributed by atoms with Crippen LogP contribution in [0.15, 0.2) is 24.3 Å². The number of halogens is 1. The number of aromatic nitrogens is 2. The minimum atomic E-state index is -0.518. The summed E-state index contributed by atoms with van der Waals surface area (Å²) in [7, 11) is 0. The summed E-state index contributed by atoms with van der Waals surface area (Å²) in [6.07, 6.45) is 5.83. The molecule has 1 saturated carbocycles. The first-order valence-electron chi connectivity index (χ1n) is 10.5. The van der Waals surface area contributed by atoms with Crippen molar-refractivity contribution in [1.29, 1.82) is 0 Å². The van der Waals surface area contributed by atoms with Gasteiger partial charge >= 0.3 is 0 Å². The van der Waals surface area contributed by atoms with Crippen molar-refractivity contribution in [2.45, 2.75) is 44.6 Å². The number of benzene rings is 1. The highest BCUT2D eigenvalue weighted by Gasteiger charge is 2.32. The lowest BCUT2D eigenvalue weighted by Crippen LogP contribution is -2.47. The first-order chi connectivity index (χ1) is 15.0. The van der Waals surface area contributed by atoms with Crippen molar-refractivity contribution in [2.24, 2.45) is 5.92 Å². The summed E-state index contributed by atoms with van der Waals surface area (Å²) in [5, 5.41) is 13.6. The molecular formula is C21H24FN5O3S. The van der Waals surface area contributed by atoms with E-state index in [1.54, 1.807) is 4.90 Å². The third kappa shape index (κ3) is 5.25. The van der Waals surface area contributed by atoms with Gasteiger partial charge in [0.25, 0.3) is 11.8 Å². The van der Waals surface area contributed by atoms with E-state index in [0.29, 0.717) is 18.8 Å². The Kier molecular flexibility index (Phi) is 6.55. The Hall–Kier alpha value is -2.88. The zero-order valence-electron chi connectivity index (χ0n) is 17.0. The Bertz CT molecular complexity index is 958. The summed E-state index contributed by atoms with van der Waals surface area (Å²) >= 11 is 0.901. The molecule has 164 valence electrons. The van der Waals surface area contributed by atoms with Crippen LogP contribution in [0.4, 0.5) is 10.1 Å². The summed E-state index contributed by atoms with van der Waals surface area (Å²) < 4.78 is 13.0. The number of nitrogens with one attached hydrogen (secondary N) is 2. The molecule has 2 aliphatic rings. The molecule has 2 fully saturated rings. The van der Waals surface area contributed by atoms with Gasteiger partial charge in [-0.1, -0.05) is 24.2 Å². The molecule has 8 nitrogen and oxygen atoms in total. The molecule has 0 radical (unpaired) electrons. The van der Waals surface area contributed by atoms with E-state index >= 15 is 0 Å². The number of rotatable bonds is 5. The molecule has 0 spiro atoms. The Labute approximate surface area is 183 Å². The highest BCUT2D eigenvalue weighted by Crippen LogP contribution is 2.23. The van der Waals surface area contributed by atoms with Gasteiger partial charge in [0.05, 0.1) is 5.92 Å². The molecule has 0 bridgehead atoms. The topological polar surface area (TPSA) is 104 Å². The highest BCUT2D eigenvalue weighted by atomic mass is 32.1. The van der Waals surface area contributed by atoms with Gasteiger partial charge in [0.15, 0.2) is 0 Å². The molecule has 10 heteroatoms. The molecule has 31 heavy (non-hydrogen) atoms. The number of nitrogens with zero attached hydrogens (tertiary/aromatic N) is 3. The maximum Gasteiger partial charge on any atom is 0.286 e. The van der Waals surface area contributed by atoms with E-state index in [2.05, 4.69) is 20.8 Å². The van der Waals surface area contributed by atoms with Crippen LogP contribution in [0.3, 0.4) is 0 Å². The van der Waals surface area contributed by atoms with Gasteiger partial charge in [0, 0.05) is 24.8 Å². The summed E-state index contributed by atoms with van der Waals surface area (Å²) in [6.45, 7) is 0.886. The second-order valence-electron chi connectivity index (χ2n) is 7.95. The highest BCUT2D eigenvalue weighted by molar-refractivity contribution is 7.15. The van der Waals surface area contributed by atoms with Gasteiger partial charge < -0.3 is 15.5 Å². The van der Waals surface area contributed by atoms with Crippen molar-refractivity contribution in [1.82, 2.24) is 20.4 Å². The van der Waals surface area contributed by atoms with Crippen LogP contribution in [0.25, 0.3) is 0 Å². The van der Waals surface area contributed by atoms with Crippen molar-refractivity contribution < 1.29 is 18.8 Å². The molecule has 2 heterocycles. The molecule has 2 aromatic rings. The number of anilines is 1. The second-order valence-corrected chi connectivity index (χ2v) is 8.93. The van der Waals surface area contributed by atoms with Crippen LogP contribution in [0.1, 0.15) is 58.1 Å². The van der Waals surface area contributed by atoms with Crippen molar-refractivity contribution in [3.63, 3.8) is 0 Å². The lowest BCUT2D eigenvalue weighted by atomic mass is 9.96. The normalized spacial score (nSPS) is 19.3. The number of piperidine rings is 1. The van der Waals surface area contributed by atoms with E-state index in [1.165, 1.54) is 24.3 Å². The van der Waals surface area contributed by atoms with E-state index in [1.807, 2.05) is 0 Å². The van der Waals surface area contributed by atoms with Crippen LogP contribution >= 0.6 is 11.3 Å².